The van der Waals surface area contributed by atoms with Crippen LogP contribution in [0.3, 0.4) is 0 Å². The van der Waals surface area contributed by atoms with Gasteiger partial charge in [-0.3, -0.25) is 9.59 Å². The van der Waals surface area contributed by atoms with E-state index in [0.717, 1.165) is 44.7 Å². The maximum atomic E-state index is 14.3. The summed E-state index contributed by atoms with van der Waals surface area (Å²) in [6, 6.07) is 17.1. The van der Waals surface area contributed by atoms with E-state index in [9.17, 15) is 9.59 Å². The molecule has 2 aromatic rings. The fraction of sp³-hybridized carbons (Fsp3) is 0.533. The molecule has 2 aromatic carbocycles. The second kappa shape index (κ2) is 9.77. The van der Waals surface area contributed by atoms with Gasteiger partial charge in [0.25, 0.3) is 0 Å². The maximum Gasteiger partial charge on any atom is 0.237 e. The van der Waals surface area contributed by atoms with Crippen molar-refractivity contribution < 1.29 is 9.59 Å². The normalized spacial score (nSPS) is 26.1. The Kier molecular flexibility index (Phi) is 6.71. The van der Waals surface area contributed by atoms with Crippen LogP contribution >= 0.6 is 0 Å². The number of fused-ring (bicyclic) bond motifs is 2. The van der Waals surface area contributed by atoms with Crippen molar-refractivity contribution in [2.75, 3.05) is 19.6 Å². The second-order valence-electron chi connectivity index (χ2n) is 11.3. The SMILES string of the molecule is CC(C)C1CCC(C2c3cc(-c4ccccc4)ccc3C3(CCNCC3)C(=O)N2CC(N)=O)CC1. The van der Waals surface area contributed by atoms with E-state index in [0.29, 0.717) is 11.8 Å². The van der Waals surface area contributed by atoms with Gasteiger partial charge in [-0.25, -0.2) is 0 Å². The van der Waals surface area contributed by atoms with Crippen LogP contribution in [0.1, 0.15) is 69.5 Å². The molecule has 1 unspecified atom stereocenters. The lowest BCUT2D eigenvalue weighted by Crippen LogP contribution is -2.59. The highest BCUT2D eigenvalue weighted by atomic mass is 16.2. The molecule has 1 aliphatic carbocycles. The number of amides is 2. The average Bonchev–Trinajstić information content (AvgIpc) is 2.88. The van der Waals surface area contributed by atoms with Gasteiger partial charge in [0.15, 0.2) is 0 Å². The van der Waals surface area contributed by atoms with Gasteiger partial charge in [-0.1, -0.05) is 56.3 Å². The van der Waals surface area contributed by atoms with E-state index in [4.69, 9.17) is 5.73 Å². The van der Waals surface area contributed by atoms with Gasteiger partial charge in [-0.05, 0) is 97.7 Å². The monoisotopic (exact) mass is 473 g/mol. The van der Waals surface area contributed by atoms with Crippen LogP contribution < -0.4 is 11.1 Å². The van der Waals surface area contributed by atoms with Crippen LogP contribution in [0.25, 0.3) is 11.1 Å². The van der Waals surface area contributed by atoms with Crippen molar-refractivity contribution in [2.45, 2.75) is 63.8 Å². The Morgan fingerprint density at radius 3 is 2.34 bits per heavy atom. The van der Waals surface area contributed by atoms with Crippen molar-refractivity contribution in [1.29, 1.82) is 0 Å². The number of benzene rings is 2. The van der Waals surface area contributed by atoms with Crippen LogP contribution in [0.2, 0.25) is 0 Å². The molecule has 1 saturated carbocycles. The molecule has 1 atom stereocenters. The van der Waals surface area contributed by atoms with Crippen LogP contribution in [-0.4, -0.2) is 36.3 Å². The van der Waals surface area contributed by atoms with E-state index in [1.54, 1.807) is 0 Å². The number of hydrogen-bond donors (Lipinski definition) is 2. The zero-order chi connectivity index (χ0) is 24.6. The molecule has 0 bridgehead atoms. The Balaban J connectivity index is 1.64. The molecular formula is C30H39N3O2. The third kappa shape index (κ3) is 4.40. The molecule has 2 heterocycles. The lowest BCUT2D eigenvalue weighted by atomic mass is 9.63. The third-order valence-electron chi connectivity index (χ3n) is 8.99. The lowest BCUT2D eigenvalue weighted by molar-refractivity contribution is -0.148. The summed E-state index contributed by atoms with van der Waals surface area (Å²) < 4.78 is 0. The largest absolute Gasteiger partial charge is 0.368 e. The Hall–Kier alpha value is -2.66. The zero-order valence-electron chi connectivity index (χ0n) is 21.1. The van der Waals surface area contributed by atoms with Crippen molar-refractivity contribution in [2.24, 2.45) is 23.5 Å². The summed E-state index contributed by atoms with van der Waals surface area (Å²) in [6.07, 6.45) is 6.04. The molecule has 5 rings (SSSR count). The maximum absolute atomic E-state index is 14.3. The summed E-state index contributed by atoms with van der Waals surface area (Å²) in [4.78, 5) is 28.4. The van der Waals surface area contributed by atoms with Crippen molar-refractivity contribution in [3.63, 3.8) is 0 Å². The summed E-state index contributed by atoms with van der Waals surface area (Å²) in [5, 5.41) is 3.43. The number of primary amides is 1. The van der Waals surface area contributed by atoms with Gasteiger partial charge < -0.3 is 16.0 Å². The van der Waals surface area contributed by atoms with Gasteiger partial charge >= 0.3 is 0 Å². The summed E-state index contributed by atoms with van der Waals surface area (Å²) in [5.41, 5.74) is 9.94. The summed E-state index contributed by atoms with van der Waals surface area (Å²) in [7, 11) is 0. The average molecular weight is 474 g/mol. The highest BCUT2D eigenvalue weighted by molar-refractivity contribution is 5.94. The number of carbonyl (C=O) groups is 2. The number of nitrogens with one attached hydrogen (secondary N) is 1. The molecule has 2 fully saturated rings. The van der Waals surface area contributed by atoms with E-state index >= 15 is 0 Å². The minimum atomic E-state index is -0.573. The molecule has 3 aliphatic rings. The van der Waals surface area contributed by atoms with Crippen LogP contribution in [0.4, 0.5) is 0 Å². The highest BCUT2D eigenvalue weighted by Crippen LogP contribution is 2.51. The number of rotatable bonds is 5. The van der Waals surface area contributed by atoms with E-state index < -0.39 is 11.3 Å². The van der Waals surface area contributed by atoms with Gasteiger partial charge in [0.05, 0.1) is 18.0 Å². The second-order valence-corrected chi connectivity index (χ2v) is 11.3. The van der Waals surface area contributed by atoms with Crippen molar-refractivity contribution >= 4 is 11.8 Å². The van der Waals surface area contributed by atoms with Gasteiger partial charge in [0.1, 0.15) is 0 Å². The van der Waals surface area contributed by atoms with Crippen molar-refractivity contribution in [3.05, 3.63) is 59.7 Å². The number of piperidine rings is 1. The molecule has 2 aliphatic heterocycles. The minimum absolute atomic E-state index is 0.00219. The summed E-state index contributed by atoms with van der Waals surface area (Å²) >= 11 is 0. The van der Waals surface area contributed by atoms with E-state index in [-0.39, 0.29) is 18.5 Å². The smallest absolute Gasteiger partial charge is 0.237 e. The number of nitrogens with zero attached hydrogens (tertiary/aromatic N) is 1. The topological polar surface area (TPSA) is 75.4 Å². The molecule has 3 N–H and O–H groups in total. The first-order chi connectivity index (χ1) is 16.9. The van der Waals surface area contributed by atoms with Crippen LogP contribution in [0.15, 0.2) is 48.5 Å². The van der Waals surface area contributed by atoms with Crippen LogP contribution in [0.5, 0.6) is 0 Å². The minimum Gasteiger partial charge on any atom is -0.368 e. The van der Waals surface area contributed by atoms with E-state index in [1.807, 2.05) is 11.0 Å². The third-order valence-corrected chi connectivity index (χ3v) is 8.99. The first-order valence-corrected chi connectivity index (χ1v) is 13.4. The molecule has 1 saturated heterocycles. The van der Waals surface area contributed by atoms with Gasteiger partial charge in [0, 0.05) is 0 Å². The standard InChI is InChI=1S/C30H39N3O2/c1-20(2)21-8-10-23(11-9-21)28-25-18-24(22-6-4-3-5-7-22)12-13-26(25)30(14-16-32-17-15-30)29(35)33(28)19-27(31)34/h3-7,12-13,18,20-21,23,28,32H,8-11,14-17,19H2,1-2H3,(H2,31,34). The molecule has 5 heteroatoms. The Morgan fingerprint density at radius 2 is 1.71 bits per heavy atom. The summed E-state index contributed by atoms with van der Waals surface area (Å²) in [5.74, 6) is 1.44. The van der Waals surface area contributed by atoms with Crippen molar-refractivity contribution in [3.8, 4) is 11.1 Å². The molecule has 1 spiro atoms. The van der Waals surface area contributed by atoms with Gasteiger partial charge in [0.2, 0.25) is 11.8 Å². The summed E-state index contributed by atoms with van der Waals surface area (Å²) in [6.45, 7) is 6.24. The molecule has 35 heavy (non-hydrogen) atoms. The predicted octanol–water partition coefficient (Wildman–Crippen LogP) is 4.81. The van der Waals surface area contributed by atoms with E-state index in [2.05, 4.69) is 61.6 Å². The van der Waals surface area contributed by atoms with E-state index in [1.165, 1.54) is 35.1 Å². The van der Waals surface area contributed by atoms with Crippen molar-refractivity contribution in [1.82, 2.24) is 10.2 Å². The number of hydrogen-bond acceptors (Lipinski definition) is 3. The first-order valence-electron chi connectivity index (χ1n) is 13.4. The zero-order valence-corrected chi connectivity index (χ0v) is 21.1. The Labute approximate surface area is 209 Å². The molecule has 5 nitrogen and oxygen atoms in total. The number of nitrogens with two attached hydrogens (primary N) is 1. The molecule has 0 radical (unpaired) electrons. The Morgan fingerprint density at radius 1 is 1.03 bits per heavy atom. The molecular weight excluding hydrogens is 434 g/mol. The number of carbonyl (C=O) groups excluding carboxylic acids is 2. The molecule has 2 amide bonds. The van der Waals surface area contributed by atoms with Crippen LogP contribution in [0, 0.1) is 17.8 Å². The van der Waals surface area contributed by atoms with Crippen LogP contribution in [-0.2, 0) is 15.0 Å². The van der Waals surface area contributed by atoms with Gasteiger partial charge in [-0.15, -0.1) is 0 Å². The highest BCUT2D eigenvalue weighted by Gasteiger charge is 2.52. The first kappa shape index (κ1) is 24.1. The quantitative estimate of drug-likeness (QED) is 0.655. The molecule has 186 valence electrons. The lowest BCUT2D eigenvalue weighted by Gasteiger charge is -2.51. The Bertz CT molecular complexity index is 1070. The fourth-order valence-electron chi connectivity index (χ4n) is 7.05. The predicted molar refractivity (Wildman–Crippen MR) is 140 cm³/mol. The van der Waals surface area contributed by atoms with Gasteiger partial charge in [-0.2, -0.15) is 0 Å². The fourth-order valence-corrected chi connectivity index (χ4v) is 7.05. The molecule has 0 aromatic heterocycles.